The summed E-state index contributed by atoms with van der Waals surface area (Å²) in [6, 6.07) is 11.0. The molecule has 0 spiro atoms. The molecule has 3 nitrogen and oxygen atoms in total. The average molecular weight is 274 g/mol. The molecule has 0 radical (unpaired) electrons. The van der Waals surface area contributed by atoms with Crippen molar-refractivity contribution in [1.29, 1.82) is 0 Å². The van der Waals surface area contributed by atoms with E-state index in [1.807, 2.05) is 30.3 Å². The lowest BCUT2D eigenvalue weighted by Gasteiger charge is -2.46. The van der Waals surface area contributed by atoms with Gasteiger partial charge < -0.3 is 5.11 Å². The SMILES string of the molecule is CC(C(O)c1ccccc1)N1CCN2CCCCC2C1. The van der Waals surface area contributed by atoms with E-state index in [2.05, 4.69) is 16.7 Å². The monoisotopic (exact) mass is 274 g/mol. The summed E-state index contributed by atoms with van der Waals surface area (Å²) in [6.45, 7) is 6.80. The molecule has 2 saturated heterocycles. The number of aliphatic hydroxyl groups is 1. The van der Waals surface area contributed by atoms with Crippen LogP contribution in [0.15, 0.2) is 30.3 Å². The minimum absolute atomic E-state index is 0.196. The summed E-state index contributed by atoms with van der Waals surface area (Å²) in [5.41, 5.74) is 1.03. The van der Waals surface area contributed by atoms with Gasteiger partial charge in [-0.3, -0.25) is 9.80 Å². The van der Waals surface area contributed by atoms with Crippen LogP contribution in [0.25, 0.3) is 0 Å². The Morgan fingerprint density at radius 1 is 1.10 bits per heavy atom. The Bertz CT molecular complexity index is 422. The van der Waals surface area contributed by atoms with Crippen LogP contribution in [0.1, 0.15) is 37.9 Å². The number of hydrogen-bond donors (Lipinski definition) is 1. The maximum absolute atomic E-state index is 10.6. The van der Waals surface area contributed by atoms with Gasteiger partial charge >= 0.3 is 0 Å². The zero-order valence-electron chi connectivity index (χ0n) is 12.4. The third-order valence-corrected chi connectivity index (χ3v) is 5.04. The van der Waals surface area contributed by atoms with Gasteiger partial charge in [0.1, 0.15) is 0 Å². The summed E-state index contributed by atoms with van der Waals surface area (Å²) in [4.78, 5) is 5.12. The fourth-order valence-electron chi connectivity index (χ4n) is 3.68. The van der Waals surface area contributed by atoms with Gasteiger partial charge in [-0.15, -0.1) is 0 Å². The first-order valence-electron chi connectivity index (χ1n) is 7.97. The quantitative estimate of drug-likeness (QED) is 0.916. The van der Waals surface area contributed by atoms with E-state index < -0.39 is 0 Å². The van der Waals surface area contributed by atoms with Crippen LogP contribution in [-0.4, -0.2) is 53.2 Å². The smallest absolute Gasteiger partial charge is 0.0942 e. The van der Waals surface area contributed by atoms with Crippen LogP contribution in [-0.2, 0) is 0 Å². The maximum Gasteiger partial charge on any atom is 0.0942 e. The lowest BCUT2D eigenvalue weighted by atomic mass is 9.96. The number of piperidine rings is 1. The molecule has 110 valence electrons. The van der Waals surface area contributed by atoms with Crippen LogP contribution < -0.4 is 0 Å². The Morgan fingerprint density at radius 3 is 2.70 bits per heavy atom. The number of piperazine rings is 1. The summed E-state index contributed by atoms with van der Waals surface area (Å²) in [5.74, 6) is 0. The lowest BCUT2D eigenvalue weighted by molar-refractivity contribution is -0.00932. The fourth-order valence-corrected chi connectivity index (χ4v) is 3.68. The molecular formula is C17H26N2O. The van der Waals surface area contributed by atoms with E-state index >= 15 is 0 Å². The average Bonchev–Trinajstić information content (AvgIpc) is 2.54. The largest absolute Gasteiger partial charge is 0.387 e. The van der Waals surface area contributed by atoms with Crippen molar-refractivity contribution >= 4 is 0 Å². The summed E-state index contributed by atoms with van der Waals surface area (Å²) >= 11 is 0. The molecule has 0 aromatic heterocycles. The van der Waals surface area contributed by atoms with Crippen LogP contribution >= 0.6 is 0 Å². The van der Waals surface area contributed by atoms with Gasteiger partial charge in [-0.05, 0) is 31.9 Å². The molecule has 3 heteroatoms. The fraction of sp³-hybridized carbons (Fsp3) is 0.647. The molecule has 2 aliphatic rings. The molecule has 1 N–H and O–H groups in total. The Balaban J connectivity index is 1.64. The minimum Gasteiger partial charge on any atom is -0.387 e. The number of aliphatic hydroxyl groups excluding tert-OH is 1. The van der Waals surface area contributed by atoms with Crippen molar-refractivity contribution in [1.82, 2.24) is 9.80 Å². The Labute approximate surface area is 122 Å². The molecule has 2 fully saturated rings. The highest BCUT2D eigenvalue weighted by Crippen LogP contribution is 2.26. The van der Waals surface area contributed by atoms with Crippen molar-refractivity contribution < 1.29 is 5.11 Å². The predicted molar refractivity (Wildman–Crippen MR) is 81.6 cm³/mol. The van der Waals surface area contributed by atoms with Crippen LogP contribution in [0.4, 0.5) is 0 Å². The highest BCUT2D eigenvalue weighted by atomic mass is 16.3. The van der Waals surface area contributed by atoms with Crippen LogP contribution in [0.2, 0.25) is 0 Å². The van der Waals surface area contributed by atoms with Gasteiger partial charge in [0.05, 0.1) is 6.10 Å². The molecule has 0 amide bonds. The van der Waals surface area contributed by atoms with E-state index in [0.717, 1.165) is 25.2 Å². The van der Waals surface area contributed by atoms with Crippen LogP contribution in [0, 0.1) is 0 Å². The predicted octanol–water partition coefficient (Wildman–Crippen LogP) is 2.28. The number of fused-ring (bicyclic) bond motifs is 1. The van der Waals surface area contributed by atoms with Gasteiger partial charge in [0, 0.05) is 31.7 Å². The van der Waals surface area contributed by atoms with E-state index in [9.17, 15) is 5.11 Å². The second-order valence-electron chi connectivity index (χ2n) is 6.28. The first-order valence-corrected chi connectivity index (χ1v) is 7.97. The van der Waals surface area contributed by atoms with Crippen LogP contribution in [0.3, 0.4) is 0 Å². The Hall–Kier alpha value is -0.900. The molecule has 20 heavy (non-hydrogen) atoms. The molecule has 3 unspecified atom stereocenters. The summed E-state index contributed by atoms with van der Waals surface area (Å²) in [6.07, 6.45) is 3.67. The molecule has 3 rings (SSSR count). The van der Waals surface area contributed by atoms with Crippen LogP contribution in [0.5, 0.6) is 0 Å². The molecule has 2 heterocycles. The van der Waals surface area contributed by atoms with Gasteiger partial charge in [-0.2, -0.15) is 0 Å². The van der Waals surface area contributed by atoms with E-state index in [0.29, 0.717) is 6.04 Å². The third-order valence-electron chi connectivity index (χ3n) is 5.04. The molecule has 3 atom stereocenters. The van der Waals surface area contributed by atoms with E-state index in [1.54, 1.807) is 0 Å². The van der Waals surface area contributed by atoms with Gasteiger partial charge in [0.15, 0.2) is 0 Å². The normalized spacial score (nSPS) is 27.8. The van der Waals surface area contributed by atoms with Crippen molar-refractivity contribution in [2.75, 3.05) is 26.2 Å². The van der Waals surface area contributed by atoms with E-state index in [-0.39, 0.29) is 12.1 Å². The Kier molecular flexibility index (Phi) is 4.39. The highest BCUT2D eigenvalue weighted by Gasteiger charge is 2.33. The second-order valence-corrected chi connectivity index (χ2v) is 6.28. The van der Waals surface area contributed by atoms with Crippen molar-refractivity contribution in [2.45, 2.75) is 44.4 Å². The van der Waals surface area contributed by atoms with Gasteiger partial charge in [-0.1, -0.05) is 36.8 Å². The van der Waals surface area contributed by atoms with Crippen molar-refractivity contribution in [3.8, 4) is 0 Å². The highest BCUT2D eigenvalue weighted by molar-refractivity contribution is 5.18. The first kappa shape index (κ1) is 14.1. The van der Waals surface area contributed by atoms with Gasteiger partial charge in [0.2, 0.25) is 0 Å². The molecule has 0 saturated carbocycles. The molecule has 1 aromatic carbocycles. The van der Waals surface area contributed by atoms with Crippen molar-refractivity contribution in [2.24, 2.45) is 0 Å². The summed E-state index contributed by atoms with van der Waals surface area (Å²) in [7, 11) is 0. The molecule has 0 aliphatic carbocycles. The molecule has 0 bridgehead atoms. The molecular weight excluding hydrogens is 248 g/mol. The topological polar surface area (TPSA) is 26.7 Å². The Morgan fingerprint density at radius 2 is 1.90 bits per heavy atom. The second kappa shape index (κ2) is 6.25. The number of hydrogen-bond acceptors (Lipinski definition) is 3. The summed E-state index contributed by atoms with van der Waals surface area (Å²) < 4.78 is 0. The van der Waals surface area contributed by atoms with Gasteiger partial charge in [0.25, 0.3) is 0 Å². The third kappa shape index (κ3) is 2.90. The minimum atomic E-state index is -0.383. The zero-order chi connectivity index (χ0) is 13.9. The molecule has 2 aliphatic heterocycles. The molecule has 1 aromatic rings. The van der Waals surface area contributed by atoms with Crippen molar-refractivity contribution in [3.05, 3.63) is 35.9 Å². The summed E-state index contributed by atoms with van der Waals surface area (Å²) in [5, 5.41) is 10.6. The lowest BCUT2D eigenvalue weighted by Crippen LogP contribution is -2.57. The van der Waals surface area contributed by atoms with Gasteiger partial charge in [-0.25, -0.2) is 0 Å². The number of nitrogens with zero attached hydrogens (tertiary/aromatic N) is 2. The first-order chi connectivity index (χ1) is 9.75. The zero-order valence-corrected chi connectivity index (χ0v) is 12.4. The number of rotatable bonds is 3. The standard InChI is InChI=1S/C17H26N2O/c1-14(17(20)15-7-3-2-4-8-15)19-12-11-18-10-6-5-9-16(18)13-19/h2-4,7-8,14,16-17,20H,5-6,9-13H2,1H3. The number of benzene rings is 1. The van der Waals surface area contributed by atoms with E-state index in [4.69, 9.17) is 0 Å². The van der Waals surface area contributed by atoms with E-state index in [1.165, 1.54) is 25.8 Å². The maximum atomic E-state index is 10.6. The van der Waals surface area contributed by atoms with Crippen molar-refractivity contribution in [3.63, 3.8) is 0 Å².